The van der Waals surface area contributed by atoms with E-state index in [4.69, 9.17) is 0 Å². The summed E-state index contributed by atoms with van der Waals surface area (Å²) in [6.07, 6.45) is 2.15. The third-order valence-corrected chi connectivity index (χ3v) is 7.17. The Morgan fingerprint density at radius 1 is 0.893 bits per heavy atom. The van der Waals surface area contributed by atoms with Gasteiger partial charge in [-0.15, -0.1) is 0 Å². The molecule has 8 nitrogen and oxygen atoms in total. The van der Waals surface area contributed by atoms with Crippen molar-refractivity contribution < 1.29 is 18.0 Å². The number of carbonyl (C=O) groups excluding carboxylic acids is 2. The van der Waals surface area contributed by atoms with Gasteiger partial charge in [0.2, 0.25) is 21.8 Å². The van der Waals surface area contributed by atoms with Crippen molar-refractivity contribution in [2.24, 2.45) is 0 Å². The van der Waals surface area contributed by atoms with Gasteiger partial charge in [0.25, 0.3) is 0 Å². The minimum Gasteiger partial charge on any atom is -0.342 e. The number of likely N-dealkylation sites (N-methyl/N-ethyl adjacent to an activating group) is 1. The molecule has 0 N–H and O–H groups in total. The first-order valence-corrected chi connectivity index (χ1v) is 11.1. The smallest absolute Gasteiger partial charge is 0.243 e. The van der Waals surface area contributed by atoms with Crippen molar-refractivity contribution in [3.05, 3.63) is 30.3 Å². The van der Waals surface area contributed by atoms with Gasteiger partial charge in [0.1, 0.15) is 0 Å². The summed E-state index contributed by atoms with van der Waals surface area (Å²) in [7, 11) is -2.26. The lowest BCUT2D eigenvalue weighted by molar-refractivity contribution is -0.134. The molecule has 0 radical (unpaired) electrons. The second-order valence-corrected chi connectivity index (χ2v) is 9.36. The molecule has 2 aliphatic rings. The number of carbonyl (C=O) groups is 2. The van der Waals surface area contributed by atoms with Crippen LogP contribution in [0.5, 0.6) is 0 Å². The summed E-state index contributed by atoms with van der Waals surface area (Å²) in [6.45, 7) is 4.16. The van der Waals surface area contributed by atoms with Crippen LogP contribution in [0.4, 0.5) is 0 Å². The number of amides is 2. The second-order valence-electron chi connectivity index (χ2n) is 7.32. The lowest BCUT2D eigenvalue weighted by atomic mass is 10.3. The second kappa shape index (κ2) is 9.02. The summed E-state index contributed by atoms with van der Waals surface area (Å²) in [4.78, 5) is 30.6. The molecular weight excluding hydrogens is 380 g/mol. The van der Waals surface area contributed by atoms with Crippen LogP contribution in [0.1, 0.15) is 12.8 Å². The molecule has 0 spiro atoms. The van der Waals surface area contributed by atoms with Crippen LogP contribution in [-0.2, 0) is 19.6 Å². The first-order valence-electron chi connectivity index (χ1n) is 9.67. The quantitative estimate of drug-likeness (QED) is 0.666. The normalized spacial score (nSPS) is 18.6. The highest BCUT2D eigenvalue weighted by atomic mass is 32.2. The van der Waals surface area contributed by atoms with E-state index in [1.54, 1.807) is 23.1 Å². The van der Waals surface area contributed by atoms with E-state index in [1.165, 1.54) is 19.2 Å². The summed E-state index contributed by atoms with van der Waals surface area (Å²) in [5.41, 5.74) is 0. The van der Waals surface area contributed by atoms with Crippen molar-refractivity contribution in [3.63, 3.8) is 0 Å². The number of likely N-dealkylation sites (tertiary alicyclic amines) is 1. The van der Waals surface area contributed by atoms with Crippen LogP contribution in [0.15, 0.2) is 35.2 Å². The van der Waals surface area contributed by atoms with E-state index in [1.807, 2.05) is 4.90 Å². The lowest BCUT2D eigenvalue weighted by Crippen LogP contribution is -2.53. The van der Waals surface area contributed by atoms with E-state index in [0.717, 1.165) is 30.2 Å². The SMILES string of the molecule is CN(CC(=O)N1CCN(CC(=O)N2CCCC2)CC1)S(=O)(=O)c1ccccc1. The Hall–Kier alpha value is -1.97. The number of benzene rings is 1. The number of sulfonamides is 1. The van der Waals surface area contributed by atoms with Gasteiger partial charge in [0, 0.05) is 46.3 Å². The van der Waals surface area contributed by atoms with Gasteiger partial charge in [0.15, 0.2) is 0 Å². The van der Waals surface area contributed by atoms with Crippen LogP contribution in [0.25, 0.3) is 0 Å². The van der Waals surface area contributed by atoms with E-state index in [-0.39, 0.29) is 23.3 Å². The first-order chi connectivity index (χ1) is 13.4. The molecule has 0 unspecified atom stereocenters. The zero-order valence-electron chi connectivity index (χ0n) is 16.3. The zero-order chi connectivity index (χ0) is 20.1. The van der Waals surface area contributed by atoms with E-state index in [0.29, 0.717) is 32.7 Å². The molecule has 2 aliphatic heterocycles. The minimum absolute atomic E-state index is 0.158. The molecule has 1 aromatic rings. The topological polar surface area (TPSA) is 81.2 Å². The molecule has 28 heavy (non-hydrogen) atoms. The fourth-order valence-corrected chi connectivity index (χ4v) is 4.70. The predicted molar refractivity (Wildman–Crippen MR) is 105 cm³/mol. The van der Waals surface area contributed by atoms with Gasteiger partial charge in [-0.3, -0.25) is 14.5 Å². The highest BCUT2D eigenvalue weighted by Crippen LogP contribution is 2.14. The average Bonchev–Trinajstić information content (AvgIpc) is 3.24. The summed E-state index contributed by atoms with van der Waals surface area (Å²) in [6, 6.07) is 8.10. The Morgan fingerprint density at radius 3 is 2.07 bits per heavy atom. The fourth-order valence-electron chi connectivity index (χ4n) is 3.56. The molecule has 154 valence electrons. The van der Waals surface area contributed by atoms with Gasteiger partial charge in [-0.1, -0.05) is 18.2 Å². The summed E-state index contributed by atoms with van der Waals surface area (Å²) in [5, 5.41) is 0. The molecule has 2 fully saturated rings. The van der Waals surface area contributed by atoms with Crippen LogP contribution in [-0.4, -0.2) is 98.6 Å². The fraction of sp³-hybridized carbons (Fsp3) is 0.579. The molecule has 2 heterocycles. The highest BCUT2D eigenvalue weighted by Gasteiger charge is 2.28. The maximum Gasteiger partial charge on any atom is 0.243 e. The van der Waals surface area contributed by atoms with Crippen molar-refractivity contribution in [3.8, 4) is 0 Å². The molecule has 0 atom stereocenters. The van der Waals surface area contributed by atoms with Crippen molar-refractivity contribution in [1.29, 1.82) is 0 Å². The maximum atomic E-state index is 12.6. The molecule has 9 heteroatoms. The largest absolute Gasteiger partial charge is 0.342 e. The number of nitrogens with zero attached hydrogens (tertiary/aromatic N) is 4. The Morgan fingerprint density at radius 2 is 1.46 bits per heavy atom. The zero-order valence-corrected chi connectivity index (χ0v) is 17.1. The van der Waals surface area contributed by atoms with Crippen LogP contribution in [0.2, 0.25) is 0 Å². The Labute approximate surface area is 166 Å². The number of hydrogen-bond acceptors (Lipinski definition) is 5. The van der Waals surface area contributed by atoms with Crippen molar-refractivity contribution in [2.45, 2.75) is 17.7 Å². The Balaban J connectivity index is 1.47. The molecule has 1 aromatic carbocycles. The summed E-state index contributed by atoms with van der Waals surface area (Å²) < 4.78 is 26.2. The Kier molecular flexibility index (Phi) is 6.69. The highest BCUT2D eigenvalue weighted by molar-refractivity contribution is 7.89. The van der Waals surface area contributed by atoms with Crippen molar-refractivity contribution in [1.82, 2.24) is 19.0 Å². The van der Waals surface area contributed by atoms with Crippen LogP contribution in [0, 0.1) is 0 Å². The predicted octanol–water partition coefficient (Wildman–Crippen LogP) is 0.0737. The van der Waals surface area contributed by atoms with Gasteiger partial charge >= 0.3 is 0 Å². The number of rotatable bonds is 6. The Bertz CT molecular complexity index is 785. The lowest BCUT2D eigenvalue weighted by Gasteiger charge is -2.35. The molecule has 0 aliphatic carbocycles. The van der Waals surface area contributed by atoms with Crippen LogP contribution < -0.4 is 0 Å². The van der Waals surface area contributed by atoms with Crippen molar-refractivity contribution >= 4 is 21.8 Å². The molecule has 0 bridgehead atoms. The molecule has 0 saturated carbocycles. The molecule has 2 saturated heterocycles. The summed E-state index contributed by atoms with van der Waals surface area (Å²) >= 11 is 0. The third kappa shape index (κ3) is 4.89. The number of piperazine rings is 1. The van der Waals surface area contributed by atoms with Gasteiger partial charge in [-0.25, -0.2) is 8.42 Å². The van der Waals surface area contributed by atoms with Crippen molar-refractivity contribution in [2.75, 3.05) is 59.4 Å². The summed E-state index contributed by atoms with van der Waals surface area (Å²) in [5.74, 6) is -0.0570. The first kappa shape index (κ1) is 20.8. The van der Waals surface area contributed by atoms with E-state index >= 15 is 0 Å². The molecule has 2 amide bonds. The van der Waals surface area contributed by atoms with Crippen LogP contribution in [0.3, 0.4) is 0 Å². The maximum absolute atomic E-state index is 12.6. The molecule has 0 aromatic heterocycles. The standard InChI is InChI=1S/C19H28N4O4S/c1-20(28(26,27)17-7-3-2-4-8-17)15-18(24)23-13-11-21(12-14-23)16-19(25)22-9-5-6-10-22/h2-4,7-8H,5-6,9-16H2,1H3. The molecule has 3 rings (SSSR count). The van der Waals surface area contributed by atoms with Gasteiger partial charge in [-0.05, 0) is 25.0 Å². The van der Waals surface area contributed by atoms with E-state index in [2.05, 4.69) is 4.90 Å². The van der Waals surface area contributed by atoms with Gasteiger partial charge in [0.05, 0.1) is 18.0 Å². The molecular formula is C19H28N4O4S. The van der Waals surface area contributed by atoms with Crippen LogP contribution >= 0.6 is 0 Å². The average molecular weight is 409 g/mol. The third-order valence-electron chi connectivity index (χ3n) is 5.35. The number of hydrogen-bond donors (Lipinski definition) is 0. The van der Waals surface area contributed by atoms with E-state index < -0.39 is 10.0 Å². The van der Waals surface area contributed by atoms with E-state index in [9.17, 15) is 18.0 Å². The monoisotopic (exact) mass is 408 g/mol. The minimum atomic E-state index is -3.68. The van der Waals surface area contributed by atoms with Gasteiger partial charge < -0.3 is 9.80 Å². The van der Waals surface area contributed by atoms with Gasteiger partial charge in [-0.2, -0.15) is 4.31 Å².